The average Bonchev–Trinajstić information content (AvgIpc) is 2.91. The monoisotopic (exact) mass is 381 g/mol. The maximum atomic E-state index is 10.8. The number of thiazole rings is 1. The van der Waals surface area contributed by atoms with Crippen molar-refractivity contribution in [3.05, 3.63) is 56.1 Å². The van der Waals surface area contributed by atoms with E-state index in [9.17, 15) is 10.1 Å². The molecule has 0 aliphatic carbocycles. The summed E-state index contributed by atoms with van der Waals surface area (Å²) in [4.78, 5) is 15.2. The summed E-state index contributed by atoms with van der Waals surface area (Å²) in [5.74, 6) is 0. The number of rotatable bonds is 3. The van der Waals surface area contributed by atoms with E-state index in [0.717, 1.165) is 4.70 Å². The molecule has 1 aromatic heterocycles. The number of nitriles is 1. The lowest BCUT2D eigenvalue weighted by Crippen LogP contribution is -1.89. The molecule has 0 aliphatic heterocycles. The summed E-state index contributed by atoms with van der Waals surface area (Å²) in [7, 11) is 0. The normalized spacial score (nSPS) is 10.7. The molecule has 0 saturated heterocycles. The van der Waals surface area contributed by atoms with Gasteiger partial charge in [-0.2, -0.15) is 5.26 Å². The van der Waals surface area contributed by atoms with Gasteiger partial charge in [0.05, 0.1) is 41.7 Å². The third kappa shape index (κ3) is 3.26. The van der Waals surface area contributed by atoms with E-state index in [4.69, 9.17) is 28.5 Å². The largest absolute Gasteiger partial charge is 0.272 e. The van der Waals surface area contributed by atoms with Crippen LogP contribution in [0.3, 0.4) is 0 Å². The van der Waals surface area contributed by atoms with Crippen LogP contribution in [0.15, 0.2) is 39.6 Å². The first kappa shape index (κ1) is 16.0. The molecule has 0 aliphatic rings. The lowest BCUT2D eigenvalue weighted by atomic mass is 10.2. The average molecular weight is 382 g/mol. The van der Waals surface area contributed by atoms with Gasteiger partial charge in [0, 0.05) is 12.1 Å². The second kappa shape index (κ2) is 6.34. The van der Waals surface area contributed by atoms with Crippen molar-refractivity contribution in [3.8, 4) is 6.07 Å². The second-order valence-corrected chi connectivity index (χ2v) is 7.47. The minimum absolute atomic E-state index is 0.160. The number of hydrogen-bond acceptors (Lipinski definition) is 6. The Hall–Kier alpha value is -1.85. The van der Waals surface area contributed by atoms with Crippen molar-refractivity contribution < 1.29 is 4.92 Å². The molecule has 9 heteroatoms. The Bertz CT molecular complexity index is 959. The summed E-state index contributed by atoms with van der Waals surface area (Å²) >= 11 is 14.9. The number of benzene rings is 2. The standard InChI is InChI=1S/C14H5Cl2N3O2S2/c15-9-4-8(19(20)21)5-10(16)13(9)23-14-18-11-3-7(6-17)1-2-12(11)22-14/h1-5H. The first-order valence-electron chi connectivity index (χ1n) is 6.10. The SMILES string of the molecule is N#Cc1ccc2sc(Sc3c(Cl)cc([N+](=O)[O-])cc3Cl)nc2c1. The maximum Gasteiger partial charge on any atom is 0.272 e. The minimum Gasteiger partial charge on any atom is -0.258 e. The van der Waals surface area contributed by atoms with Crippen molar-refractivity contribution >= 4 is 62.2 Å². The molecule has 0 atom stereocenters. The van der Waals surface area contributed by atoms with Crippen molar-refractivity contribution in [2.24, 2.45) is 0 Å². The fraction of sp³-hybridized carbons (Fsp3) is 0. The van der Waals surface area contributed by atoms with Crippen molar-refractivity contribution in [1.82, 2.24) is 4.98 Å². The van der Waals surface area contributed by atoms with Gasteiger partial charge in [-0.05, 0) is 18.2 Å². The molecule has 0 unspecified atom stereocenters. The van der Waals surface area contributed by atoms with Crippen LogP contribution in [-0.4, -0.2) is 9.91 Å². The van der Waals surface area contributed by atoms with Gasteiger partial charge in [0.1, 0.15) is 0 Å². The highest BCUT2D eigenvalue weighted by Gasteiger charge is 2.17. The van der Waals surface area contributed by atoms with E-state index in [1.54, 1.807) is 12.1 Å². The number of aromatic nitrogens is 1. The molecule has 0 spiro atoms. The molecule has 3 aromatic rings. The van der Waals surface area contributed by atoms with Gasteiger partial charge >= 0.3 is 0 Å². The van der Waals surface area contributed by atoms with Gasteiger partial charge in [-0.3, -0.25) is 10.1 Å². The van der Waals surface area contributed by atoms with Crippen molar-refractivity contribution in [2.75, 3.05) is 0 Å². The Morgan fingerprint density at radius 2 is 1.96 bits per heavy atom. The van der Waals surface area contributed by atoms with Gasteiger partial charge in [-0.25, -0.2) is 4.98 Å². The van der Waals surface area contributed by atoms with Crippen LogP contribution < -0.4 is 0 Å². The van der Waals surface area contributed by atoms with E-state index in [1.807, 2.05) is 6.07 Å². The highest BCUT2D eigenvalue weighted by molar-refractivity contribution is 8.01. The molecule has 0 radical (unpaired) electrons. The van der Waals surface area contributed by atoms with Crippen LogP contribution in [0, 0.1) is 21.4 Å². The Morgan fingerprint density at radius 1 is 1.26 bits per heavy atom. The van der Waals surface area contributed by atoms with Crippen molar-refractivity contribution in [3.63, 3.8) is 0 Å². The Kier molecular flexibility index (Phi) is 4.41. The smallest absolute Gasteiger partial charge is 0.258 e. The highest BCUT2D eigenvalue weighted by atomic mass is 35.5. The zero-order valence-corrected chi connectivity index (χ0v) is 14.3. The molecular formula is C14H5Cl2N3O2S2. The molecule has 2 aromatic carbocycles. The first-order chi connectivity index (χ1) is 11.0. The summed E-state index contributed by atoms with van der Waals surface area (Å²) < 4.78 is 1.62. The van der Waals surface area contributed by atoms with E-state index in [2.05, 4.69) is 11.1 Å². The first-order valence-corrected chi connectivity index (χ1v) is 8.49. The summed E-state index contributed by atoms with van der Waals surface area (Å²) in [6.07, 6.45) is 0. The van der Waals surface area contributed by atoms with Crippen LogP contribution in [0.4, 0.5) is 5.69 Å². The third-order valence-corrected chi connectivity index (χ3v) is 5.94. The van der Waals surface area contributed by atoms with E-state index in [0.29, 0.717) is 20.3 Å². The number of nitro groups is 1. The topological polar surface area (TPSA) is 79.8 Å². The van der Waals surface area contributed by atoms with Gasteiger partial charge in [-0.15, -0.1) is 11.3 Å². The van der Waals surface area contributed by atoms with E-state index >= 15 is 0 Å². The van der Waals surface area contributed by atoms with Crippen LogP contribution >= 0.6 is 46.3 Å². The van der Waals surface area contributed by atoms with Crippen molar-refractivity contribution in [2.45, 2.75) is 9.24 Å². The molecule has 1 heterocycles. The summed E-state index contributed by atoms with van der Waals surface area (Å²) in [5, 5.41) is 20.1. The van der Waals surface area contributed by atoms with Gasteiger partial charge in [0.2, 0.25) is 0 Å². The zero-order valence-electron chi connectivity index (χ0n) is 11.1. The summed E-state index contributed by atoms with van der Waals surface area (Å²) in [6, 6.07) is 9.84. The van der Waals surface area contributed by atoms with Crippen molar-refractivity contribution in [1.29, 1.82) is 5.26 Å². The maximum absolute atomic E-state index is 10.8. The minimum atomic E-state index is -0.548. The lowest BCUT2D eigenvalue weighted by Gasteiger charge is -2.04. The van der Waals surface area contributed by atoms with Crippen LogP contribution in [0.1, 0.15) is 5.56 Å². The zero-order chi connectivity index (χ0) is 16.6. The molecular weight excluding hydrogens is 377 g/mol. The molecule has 0 saturated carbocycles. The lowest BCUT2D eigenvalue weighted by molar-refractivity contribution is -0.384. The molecule has 0 N–H and O–H groups in total. The van der Waals surface area contributed by atoms with E-state index in [-0.39, 0.29) is 15.7 Å². The Labute approximate surface area is 148 Å². The molecule has 114 valence electrons. The van der Waals surface area contributed by atoms with Crippen LogP contribution in [0.25, 0.3) is 10.2 Å². The van der Waals surface area contributed by atoms with Crippen LogP contribution in [0.5, 0.6) is 0 Å². The third-order valence-electron chi connectivity index (χ3n) is 2.88. The number of hydrogen-bond donors (Lipinski definition) is 0. The van der Waals surface area contributed by atoms with Crippen LogP contribution in [0.2, 0.25) is 10.0 Å². The predicted molar refractivity (Wildman–Crippen MR) is 91.6 cm³/mol. The molecule has 0 bridgehead atoms. The van der Waals surface area contributed by atoms with E-state index < -0.39 is 4.92 Å². The Balaban J connectivity index is 1.99. The fourth-order valence-electron chi connectivity index (χ4n) is 1.86. The highest BCUT2D eigenvalue weighted by Crippen LogP contribution is 2.43. The predicted octanol–water partition coefficient (Wildman–Crippen LogP) is 5.53. The fourth-order valence-corrected chi connectivity index (χ4v) is 4.56. The van der Waals surface area contributed by atoms with Gasteiger partial charge < -0.3 is 0 Å². The molecule has 23 heavy (non-hydrogen) atoms. The van der Waals surface area contributed by atoms with Crippen LogP contribution in [-0.2, 0) is 0 Å². The Morgan fingerprint density at radius 3 is 2.57 bits per heavy atom. The molecule has 5 nitrogen and oxygen atoms in total. The number of halogens is 2. The molecule has 0 fully saturated rings. The number of nitrogens with zero attached hydrogens (tertiary/aromatic N) is 3. The number of fused-ring (bicyclic) bond motifs is 1. The number of non-ortho nitro benzene ring substituents is 1. The van der Waals surface area contributed by atoms with E-state index in [1.165, 1.54) is 35.2 Å². The number of nitro benzene ring substituents is 1. The second-order valence-electron chi connectivity index (χ2n) is 4.37. The quantitative estimate of drug-likeness (QED) is 0.439. The molecule has 0 amide bonds. The summed E-state index contributed by atoms with van der Waals surface area (Å²) in [5.41, 5.74) is 1.09. The summed E-state index contributed by atoms with van der Waals surface area (Å²) in [6.45, 7) is 0. The molecule has 3 rings (SSSR count). The van der Waals surface area contributed by atoms with Gasteiger partial charge in [0.15, 0.2) is 4.34 Å². The van der Waals surface area contributed by atoms with Gasteiger partial charge in [0.25, 0.3) is 5.69 Å². The van der Waals surface area contributed by atoms with Gasteiger partial charge in [-0.1, -0.05) is 35.0 Å².